The fourth-order valence-corrected chi connectivity index (χ4v) is 3.67. The van der Waals surface area contributed by atoms with Gasteiger partial charge in [-0.3, -0.25) is 4.79 Å². The van der Waals surface area contributed by atoms with Gasteiger partial charge in [0.15, 0.2) is 0 Å². The van der Waals surface area contributed by atoms with Crippen molar-refractivity contribution < 1.29 is 15.0 Å². The summed E-state index contributed by atoms with van der Waals surface area (Å²) >= 11 is 0. The van der Waals surface area contributed by atoms with Crippen molar-refractivity contribution in [1.29, 1.82) is 0 Å². The van der Waals surface area contributed by atoms with E-state index in [1.165, 1.54) is 38.5 Å². The summed E-state index contributed by atoms with van der Waals surface area (Å²) in [5.41, 5.74) is 0. The van der Waals surface area contributed by atoms with Gasteiger partial charge in [0.1, 0.15) is 0 Å². The molecule has 0 aliphatic carbocycles. The zero-order chi connectivity index (χ0) is 27.2. The Hall–Kier alpha value is -2.17. The zero-order valence-corrected chi connectivity index (χ0v) is 23.7. The minimum Gasteiger partial charge on any atom is -0.394 e. The summed E-state index contributed by atoms with van der Waals surface area (Å²) < 4.78 is 0. The molecule has 0 aliphatic heterocycles. The molecule has 210 valence electrons. The van der Waals surface area contributed by atoms with Crippen molar-refractivity contribution in [1.82, 2.24) is 5.32 Å². The summed E-state index contributed by atoms with van der Waals surface area (Å²) in [7, 11) is 0. The topological polar surface area (TPSA) is 69.6 Å². The van der Waals surface area contributed by atoms with Crippen LogP contribution in [0.1, 0.15) is 110 Å². The van der Waals surface area contributed by atoms with Gasteiger partial charge >= 0.3 is 0 Å². The van der Waals surface area contributed by atoms with Crippen LogP contribution < -0.4 is 5.32 Å². The second-order valence-electron chi connectivity index (χ2n) is 9.42. The van der Waals surface area contributed by atoms with Gasteiger partial charge < -0.3 is 15.5 Å². The van der Waals surface area contributed by atoms with E-state index in [-0.39, 0.29) is 12.5 Å². The van der Waals surface area contributed by atoms with Gasteiger partial charge in [0.2, 0.25) is 5.91 Å². The standard InChI is InChI=1S/C33H55NO3/c1-3-5-7-9-11-13-15-17-19-21-23-25-27-29-33(37)34-31(30-35)32(36)28-26-24-22-20-18-16-14-12-10-8-6-4-2/h5,7,11,13,17-20,23,25-26,28,31-32,35-36H,3-4,6,8-10,12,14-16,21-22,24,27,29-30H2,1-2H3,(H,34,37)/b7-5-,13-11-,19-17-,20-18+,25-23-,28-26+. The highest BCUT2D eigenvalue weighted by Crippen LogP contribution is 2.08. The second-order valence-corrected chi connectivity index (χ2v) is 9.42. The maximum atomic E-state index is 12.2. The van der Waals surface area contributed by atoms with Gasteiger partial charge in [-0.25, -0.2) is 0 Å². The van der Waals surface area contributed by atoms with E-state index in [1.807, 2.05) is 12.2 Å². The quantitative estimate of drug-likeness (QED) is 0.0903. The van der Waals surface area contributed by atoms with Crippen molar-refractivity contribution >= 4 is 5.91 Å². The van der Waals surface area contributed by atoms with Gasteiger partial charge in [-0.2, -0.15) is 0 Å². The van der Waals surface area contributed by atoms with Gasteiger partial charge in [-0.05, 0) is 57.8 Å². The Bertz CT molecular complexity index is 688. The third-order valence-corrected chi connectivity index (χ3v) is 5.94. The number of hydrogen-bond donors (Lipinski definition) is 3. The molecular weight excluding hydrogens is 458 g/mol. The third-order valence-electron chi connectivity index (χ3n) is 5.94. The van der Waals surface area contributed by atoms with Crippen LogP contribution in [-0.2, 0) is 4.79 Å². The Morgan fingerprint density at radius 1 is 0.676 bits per heavy atom. The summed E-state index contributed by atoms with van der Waals surface area (Å²) in [6, 6.07) is -0.676. The van der Waals surface area contributed by atoms with Crippen molar-refractivity contribution in [3.05, 3.63) is 72.9 Å². The number of allylic oxidation sites excluding steroid dienone is 11. The maximum Gasteiger partial charge on any atom is 0.220 e. The van der Waals surface area contributed by atoms with E-state index in [9.17, 15) is 15.0 Å². The summed E-state index contributed by atoms with van der Waals surface area (Å²) in [4.78, 5) is 12.2. The minimum atomic E-state index is -0.890. The highest BCUT2D eigenvalue weighted by Gasteiger charge is 2.17. The van der Waals surface area contributed by atoms with Gasteiger partial charge in [-0.1, -0.05) is 119 Å². The summed E-state index contributed by atoms with van der Waals surface area (Å²) in [6.07, 6.45) is 39.8. The van der Waals surface area contributed by atoms with Gasteiger partial charge in [0.25, 0.3) is 0 Å². The molecule has 0 aliphatic rings. The van der Waals surface area contributed by atoms with E-state index in [0.717, 1.165) is 44.9 Å². The molecule has 0 radical (unpaired) electrons. The number of carbonyl (C=O) groups is 1. The molecule has 0 fully saturated rings. The van der Waals surface area contributed by atoms with Crippen LogP contribution in [0.4, 0.5) is 0 Å². The molecule has 0 spiro atoms. The molecule has 0 bridgehead atoms. The number of aliphatic hydroxyl groups excluding tert-OH is 2. The van der Waals surface area contributed by atoms with Crippen LogP contribution >= 0.6 is 0 Å². The van der Waals surface area contributed by atoms with Crippen LogP contribution in [-0.4, -0.2) is 34.9 Å². The monoisotopic (exact) mass is 513 g/mol. The van der Waals surface area contributed by atoms with E-state index < -0.39 is 12.1 Å². The molecule has 2 unspecified atom stereocenters. The highest BCUT2D eigenvalue weighted by molar-refractivity contribution is 5.76. The smallest absolute Gasteiger partial charge is 0.220 e. The Balaban J connectivity index is 3.93. The first kappa shape index (κ1) is 34.8. The molecule has 0 aromatic rings. The average Bonchev–Trinajstić information content (AvgIpc) is 2.90. The van der Waals surface area contributed by atoms with Gasteiger partial charge in [-0.15, -0.1) is 0 Å². The zero-order valence-electron chi connectivity index (χ0n) is 23.7. The molecule has 0 rings (SSSR count). The molecule has 0 heterocycles. The number of carbonyl (C=O) groups excluding carboxylic acids is 1. The Labute approximate surface area is 228 Å². The molecule has 2 atom stereocenters. The predicted molar refractivity (Wildman–Crippen MR) is 160 cm³/mol. The van der Waals surface area contributed by atoms with E-state index in [2.05, 4.69) is 73.8 Å². The number of nitrogens with one attached hydrogen (secondary N) is 1. The van der Waals surface area contributed by atoms with Gasteiger partial charge in [0, 0.05) is 6.42 Å². The number of hydrogen-bond acceptors (Lipinski definition) is 3. The van der Waals surface area contributed by atoms with Crippen LogP contribution in [0.5, 0.6) is 0 Å². The Kier molecular flexibility index (Phi) is 26.7. The van der Waals surface area contributed by atoms with Crippen molar-refractivity contribution in [3.8, 4) is 0 Å². The van der Waals surface area contributed by atoms with Crippen molar-refractivity contribution in [3.63, 3.8) is 0 Å². The lowest BCUT2D eigenvalue weighted by Gasteiger charge is -2.19. The number of rotatable bonds is 24. The lowest BCUT2D eigenvalue weighted by Crippen LogP contribution is -2.45. The number of aliphatic hydroxyl groups is 2. The number of amides is 1. The molecule has 0 aromatic heterocycles. The third kappa shape index (κ3) is 25.3. The van der Waals surface area contributed by atoms with Crippen molar-refractivity contribution in [2.75, 3.05) is 6.61 Å². The highest BCUT2D eigenvalue weighted by atomic mass is 16.3. The molecule has 0 saturated heterocycles. The van der Waals surface area contributed by atoms with Crippen LogP contribution in [0.15, 0.2) is 72.9 Å². The fourth-order valence-electron chi connectivity index (χ4n) is 3.67. The predicted octanol–water partition coefficient (Wildman–Crippen LogP) is 8.05. The molecule has 0 aromatic carbocycles. The van der Waals surface area contributed by atoms with E-state index in [4.69, 9.17) is 0 Å². The van der Waals surface area contributed by atoms with E-state index >= 15 is 0 Å². The summed E-state index contributed by atoms with van der Waals surface area (Å²) in [5.74, 6) is -0.161. The fraction of sp³-hybridized carbons (Fsp3) is 0.606. The van der Waals surface area contributed by atoms with Crippen molar-refractivity contribution in [2.24, 2.45) is 0 Å². The largest absolute Gasteiger partial charge is 0.394 e. The first-order chi connectivity index (χ1) is 18.2. The van der Waals surface area contributed by atoms with Crippen LogP contribution in [0.2, 0.25) is 0 Å². The van der Waals surface area contributed by atoms with Crippen molar-refractivity contribution in [2.45, 2.75) is 122 Å². The maximum absolute atomic E-state index is 12.2. The van der Waals surface area contributed by atoms with Gasteiger partial charge in [0.05, 0.1) is 18.8 Å². The summed E-state index contributed by atoms with van der Waals surface area (Å²) in [6.45, 7) is 4.08. The number of unbranched alkanes of at least 4 members (excludes halogenated alkanes) is 7. The van der Waals surface area contributed by atoms with E-state index in [0.29, 0.717) is 12.8 Å². The molecule has 4 nitrogen and oxygen atoms in total. The average molecular weight is 514 g/mol. The molecule has 0 saturated carbocycles. The summed E-state index contributed by atoms with van der Waals surface area (Å²) in [5, 5.41) is 22.6. The molecular formula is C33H55NO3. The lowest BCUT2D eigenvalue weighted by atomic mass is 10.1. The first-order valence-corrected chi connectivity index (χ1v) is 14.7. The lowest BCUT2D eigenvalue weighted by molar-refractivity contribution is -0.122. The first-order valence-electron chi connectivity index (χ1n) is 14.7. The molecule has 4 heteroatoms. The van der Waals surface area contributed by atoms with Crippen LogP contribution in [0, 0.1) is 0 Å². The Morgan fingerprint density at radius 3 is 1.86 bits per heavy atom. The van der Waals surface area contributed by atoms with Crippen LogP contribution in [0.25, 0.3) is 0 Å². The molecule has 37 heavy (non-hydrogen) atoms. The second kappa shape index (κ2) is 28.4. The molecule has 3 N–H and O–H groups in total. The normalized spacial score (nSPS) is 14.4. The minimum absolute atomic E-state index is 0.161. The van der Waals surface area contributed by atoms with E-state index in [1.54, 1.807) is 6.08 Å². The molecule has 1 amide bonds. The Morgan fingerprint density at radius 2 is 1.22 bits per heavy atom. The SMILES string of the molecule is CC/C=C\C/C=C\C/C=C\C/C=C\CCC(=O)NC(CO)C(O)/C=C/CC/C=C/CCCCCCCC. The van der Waals surface area contributed by atoms with Crippen LogP contribution in [0.3, 0.4) is 0 Å².